The summed E-state index contributed by atoms with van der Waals surface area (Å²) in [5, 5.41) is 8.88. The Hall–Kier alpha value is -0.740. The van der Waals surface area contributed by atoms with E-state index in [-0.39, 0.29) is 6.61 Å². The molecule has 66 valence electrons. The van der Waals surface area contributed by atoms with E-state index in [4.69, 9.17) is 15.6 Å². The van der Waals surface area contributed by atoms with E-state index in [1.54, 1.807) is 19.2 Å². The minimum atomic E-state index is -0.0330. The molecule has 0 saturated heterocycles. The second-order valence-corrected chi connectivity index (χ2v) is 3.20. The van der Waals surface area contributed by atoms with Crippen molar-refractivity contribution in [3.05, 3.63) is 22.2 Å². The van der Waals surface area contributed by atoms with Crippen molar-refractivity contribution in [3.63, 3.8) is 0 Å². The third-order valence-electron chi connectivity index (χ3n) is 1.57. The van der Waals surface area contributed by atoms with Crippen LogP contribution in [-0.2, 0) is 6.61 Å². The minimum absolute atomic E-state index is 0.0330. The average molecular weight is 232 g/mol. The fourth-order valence-corrected chi connectivity index (χ4v) is 1.36. The van der Waals surface area contributed by atoms with Crippen molar-refractivity contribution in [2.24, 2.45) is 0 Å². The van der Waals surface area contributed by atoms with E-state index >= 15 is 0 Å². The Morgan fingerprint density at radius 1 is 1.58 bits per heavy atom. The molecular formula is C8H10BrNO2. The summed E-state index contributed by atoms with van der Waals surface area (Å²) in [6.45, 7) is -0.0330. The molecule has 0 aliphatic carbocycles. The number of hydrogen-bond acceptors (Lipinski definition) is 3. The highest BCUT2D eigenvalue weighted by molar-refractivity contribution is 9.10. The van der Waals surface area contributed by atoms with Gasteiger partial charge in [0, 0.05) is 4.47 Å². The number of rotatable bonds is 2. The molecule has 0 heterocycles. The van der Waals surface area contributed by atoms with Crippen LogP contribution in [0.4, 0.5) is 5.69 Å². The topological polar surface area (TPSA) is 55.5 Å². The first kappa shape index (κ1) is 9.35. The van der Waals surface area contributed by atoms with Crippen molar-refractivity contribution < 1.29 is 9.84 Å². The molecular weight excluding hydrogens is 222 g/mol. The first-order valence-electron chi connectivity index (χ1n) is 3.41. The predicted molar refractivity (Wildman–Crippen MR) is 51.0 cm³/mol. The van der Waals surface area contributed by atoms with Crippen LogP contribution in [0.15, 0.2) is 16.6 Å². The lowest BCUT2D eigenvalue weighted by molar-refractivity contribution is 0.281. The van der Waals surface area contributed by atoms with Crippen LogP contribution in [-0.4, -0.2) is 12.2 Å². The van der Waals surface area contributed by atoms with E-state index in [0.717, 1.165) is 10.0 Å². The zero-order valence-corrected chi connectivity index (χ0v) is 8.26. The van der Waals surface area contributed by atoms with Gasteiger partial charge in [0.05, 0.1) is 19.4 Å². The van der Waals surface area contributed by atoms with Gasteiger partial charge in [0.2, 0.25) is 0 Å². The van der Waals surface area contributed by atoms with Crippen molar-refractivity contribution in [1.29, 1.82) is 0 Å². The smallest absolute Gasteiger partial charge is 0.142 e. The SMILES string of the molecule is COc1cc(Br)c(CO)cc1N. The number of nitrogens with two attached hydrogens (primary N) is 1. The Morgan fingerprint density at radius 3 is 2.75 bits per heavy atom. The standard InChI is InChI=1S/C8H10BrNO2/c1-12-8-3-6(9)5(4-11)2-7(8)10/h2-3,11H,4,10H2,1H3. The highest BCUT2D eigenvalue weighted by Gasteiger charge is 2.04. The van der Waals surface area contributed by atoms with Crippen molar-refractivity contribution in [2.75, 3.05) is 12.8 Å². The molecule has 1 aromatic carbocycles. The van der Waals surface area contributed by atoms with E-state index in [1.807, 2.05) is 0 Å². The molecule has 1 aromatic rings. The van der Waals surface area contributed by atoms with Crippen LogP contribution in [0, 0.1) is 0 Å². The van der Waals surface area contributed by atoms with Crippen molar-refractivity contribution in [3.8, 4) is 5.75 Å². The van der Waals surface area contributed by atoms with Gasteiger partial charge in [0.25, 0.3) is 0 Å². The highest BCUT2D eigenvalue weighted by Crippen LogP contribution is 2.29. The number of aliphatic hydroxyl groups excluding tert-OH is 1. The maximum atomic E-state index is 8.88. The van der Waals surface area contributed by atoms with E-state index in [0.29, 0.717) is 11.4 Å². The molecule has 0 saturated carbocycles. The molecule has 3 N–H and O–H groups in total. The molecule has 4 heteroatoms. The van der Waals surface area contributed by atoms with Crippen LogP contribution in [0.3, 0.4) is 0 Å². The number of benzene rings is 1. The number of ether oxygens (including phenoxy) is 1. The maximum Gasteiger partial charge on any atom is 0.142 e. The molecule has 12 heavy (non-hydrogen) atoms. The number of anilines is 1. The highest BCUT2D eigenvalue weighted by atomic mass is 79.9. The Labute approximate surface area is 79.3 Å². The molecule has 0 aliphatic rings. The lowest BCUT2D eigenvalue weighted by Crippen LogP contribution is -1.95. The molecule has 1 rings (SSSR count). The fraction of sp³-hybridized carbons (Fsp3) is 0.250. The Bertz CT molecular complexity index is 259. The van der Waals surface area contributed by atoms with E-state index in [9.17, 15) is 0 Å². The van der Waals surface area contributed by atoms with Crippen molar-refractivity contribution >= 4 is 21.6 Å². The van der Waals surface area contributed by atoms with Gasteiger partial charge >= 0.3 is 0 Å². The summed E-state index contributed by atoms with van der Waals surface area (Å²) in [5.74, 6) is 0.610. The second kappa shape index (κ2) is 3.78. The molecule has 3 nitrogen and oxygen atoms in total. The van der Waals surface area contributed by atoms with E-state index in [2.05, 4.69) is 15.9 Å². The van der Waals surface area contributed by atoms with Crippen LogP contribution in [0.25, 0.3) is 0 Å². The Balaban J connectivity index is 3.16. The average Bonchev–Trinajstić information content (AvgIpc) is 2.08. The summed E-state index contributed by atoms with van der Waals surface area (Å²) in [4.78, 5) is 0. The molecule has 0 aromatic heterocycles. The molecule has 0 bridgehead atoms. The van der Waals surface area contributed by atoms with Gasteiger partial charge < -0.3 is 15.6 Å². The van der Waals surface area contributed by atoms with Crippen LogP contribution in [0.1, 0.15) is 5.56 Å². The van der Waals surface area contributed by atoms with Gasteiger partial charge in [-0.2, -0.15) is 0 Å². The van der Waals surface area contributed by atoms with Crippen LogP contribution < -0.4 is 10.5 Å². The molecule has 0 atom stereocenters. The van der Waals surface area contributed by atoms with Gasteiger partial charge in [0.15, 0.2) is 0 Å². The second-order valence-electron chi connectivity index (χ2n) is 2.34. The summed E-state index contributed by atoms with van der Waals surface area (Å²) in [6.07, 6.45) is 0. The first-order chi connectivity index (χ1) is 5.69. The summed E-state index contributed by atoms with van der Waals surface area (Å²) in [7, 11) is 1.55. The molecule has 0 unspecified atom stereocenters. The summed E-state index contributed by atoms with van der Waals surface area (Å²) in [6, 6.07) is 3.42. The normalized spacial score (nSPS) is 9.92. The largest absolute Gasteiger partial charge is 0.495 e. The number of nitrogen functional groups attached to an aromatic ring is 1. The van der Waals surface area contributed by atoms with Gasteiger partial charge in [-0.05, 0) is 17.7 Å². The summed E-state index contributed by atoms with van der Waals surface area (Å²) in [5.41, 5.74) is 6.91. The third-order valence-corrected chi connectivity index (χ3v) is 2.31. The first-order valence-corrected chi connectivity index (χ1v) is 4.21. The molecule has 0 aliphatic heterocycles. The lowest BCUT2D eigenvalue weighted by atomic mass is 10.2. The minimum Gasteiger partial charge on any atom is -0.495 e. The molecule has 0 radical (unpaired) electrons. The monoisotopic (exact) mass is 231 g/mol. The lowest BCUT2D eigenvalue weighted by Gasteiger charge is -2.07. The zero-order valence-electron chi connectivity index (χ0n) is 6.67. The number of methoxy groups -OCH3 is 1. The maximum absolute atomic E-state index is 8.88. The quantitative estimate of drug-likeness (QED) is 0.760. The fourth-order valence-electron chi connectivity index (χ4n) is 0.917. The number of halogens is 1. The van der Waals surface area contributed by atoms with Crippen molar-refractivity contribution in [1.82, 2.24) is 0 Å². The predicted octanol–water partition coefficient (Wildman–Crippen LogP) is 1.53. The van der Waals surface area contributed by atoms with E-state index in [1.165, 1.54) is 0 Å². The zero-order chi connectivity index (χ0) is 9.14. The number of aliphatic hydroxyl groups is 1. The van der Waals surface area contributed by atoms with Gasteiger partial charge in [-0.1, -0.05) is 15.9 Å². The van der Waals surface area contributed by atoms with E-state index < -0.39 is 0 Å². The van der Waals surface area contributed by atoms with Gasteiger partial charge in [-0.15, -0.1) is 0 Å². The molecule has 0 fully saturated rings. The summed E-state index contributed by atoms with van der Waals surface area (Å²) >= 11 is 3.29. The third kappa shape index (κ3) is 1.70. The van der Waals surface area contributed by atoms with Crippen LogP contribution >= 0.6 is 15.9 Å². The van der Waals surface area contributed by atoms with Gasteiger partial charge in [0.1, 0.15) is 5.75 Å². The van der Waals surface area contributed by atoms with Crippen LogP contribution in [0.5, 0.6) is 5.75 Å². The molecule has 0 amide bonds. The Kier molecular flexibility index (Phi) is 2.94. The molecule has 0 spiro atoms. The summed E-state index contributed by atoms with van der Waals surface area (Å²) < 4.78 is 5.79. The van der Waals surface area contributed by atoms with Crippen LogP contribution in [0.2, 0.25) is 0 Å². The number of hydrogen-bond donors (Lipinski definition) is 2. The Morgan fingerprint density at radius 2 is 2.25 bits per heavy atom. The van der Waals surface area contributed by atoms with Crippen molar-refractivity contribution in [2.45, 2.75) is 6.61 Å². The van der Waals surface area contributed by atoms with Gasteiger partial charge in [-0.25, -0.2) is 0 Å². The van der Waals surface area contributed by atoms with Gasteiger partial charge in [-0.3, -0.25) is 0 Å².